The second-order valence-corrected chi connectivity index (χ2v) is 12.1. The van der Waals surface area contributed by atoms with Crippen molar-refractivity contribution >= 4 is 0 Å². The molecule has 5 fully saturated rings. The van der Waals surface area contributed by atoms with E-state index in [0.29, 0.717) is 39.9 Å². The fourth-order valence-electron chi connectivity index (χ4n) is 10.3. The molecule has 5 aliphatic rings. The lowest BCUT2D eigenvalue weighted by atomic mass is 9.45. The number of nitriles is 1. The third-order valence-corrected chi connectivity index (χ3v) is 11.8. The van der Waals surface area contributed by atoms with Gasteiger partial charge in [0.2, 0.25) is 0 Å². The molecule has 0 aliphatic heterocycles. The Bertz CT molecular complexity index is 771. The Morgan fingerprint density at radius 1 is 1.10 bits per heavy atom. The van der Waals surface area contributed by atoms with Crippen molar-refractivity contribution in [2.45, 2.75) is 78.2 Å². The monoisotopic (exact) mass is 411 g/mol. The summed E-state index contributed by atoms with van der Waals surface area (Å²) >= 11 is 0. The standard InChI is InChI=1S/C27H41NO2/c1-16(20(15-28)17(2)29-5)21-7-8-22-19-13-24(30-6)27-14-18(27)9-12-26(27,4)23(19)10-11-25(21,22)3/h16,18-24H,2,7-14H2,1,3-6H3. The van der Waals surface area contributed by atoms with Crippen molar-refractivity contribution in [3.63, 3.8) is 0 Å². The molecule has 3 nitrogen and oxygen atoms in total. The van der Waals surface area contributed by atoms with E-state index in [0.717, 1.165) is 23.7 Å². The lowest BCUT2D eigenvalue weighted by molar-refractivity contribution is -0.161. The van der Waals surface area contributed by atoms with Crippen LogP contribution < -0.4 is 0 Å². The quantitative estimate of drug-likeness (QED) is 0.505. The van der Waals surface area contributed by atoms with E-state index in [1.807, 2.05) is 7.11 Å². The average Bonchev–Trinajstić information content (AvgIpc) is 3.24. The lowest BCUT2D eigenvalue weighted by Gasteiger charge is -2.61. The molecule has 0 saturated heterocycles. The second-order valence-electron chi connectivity index (χ2n) is 12.1. The van der Waals surface area contributed by atoms with Gasteiger partial charge in [-0.25, -0.2) is 0 Å². The molecule has 11 atom stereocenters. The molecule has 11 unspecified atom stereocenters. The van der Waals surface area contributed by atoms with Gasteiger partial charge in [-0.05, 0) is 97.7 Å². The van der Waals surface area contributed by atoms with Gasteiger partial charge in [0.05, 0.1) is 19.3 Å². The summed E-state index contributed by atoms with van der Waals surface area (Å²) in [7, 11) is 3.63. The van der Waals surface area contributed by atoms with E-state index in [-0.39, 0.29) is 5.92 Å². The smallest absolute Gasteiger partial charge is 0.106 e. The molecule has 3 heteroatoms. The average molecular weight is 412 g/mol. The molecule has 5 saturated carbocycles. The minimum absolute atomic E-state index is 0.200. The molecule has 0 radical (unpaired) electrons. The van der Waals surface area contributed by atoms with E-state index in [1.165, 1.54) is 51.4 Å². The summed E-state index contributed by atoms with van der Waals surface area (Å²) in [6, 6.07) is 2.52. The van der Waals surface area contributed by atoms with Crippen LogP contribution in [0, 0.1) is 69.0 Å². The van der Waals surface area contributed by atoms with Crippen molar-refractivity contribution in [3.05, 3.63) is 12.3 Å². The second kappa shape index (κ2) is 6.74. The van der Waals surface area contributed by atoms with Crippen molar-refractivity contribution < 1.29 is 9.47 Å². The summed E-state index contributed by atoms with van der Waals surface area (Å²) in [6.45, 7) is 11.5. The Morgan fingerprint density at radius 3 is 2.50 bits per heavy atom. The Labute approximate surface area is 183 Å². The van der Waals surface area contributed by atoms with Crippen LogP contribution in [0.2, 0.25) is 0 Å². The van der Waals surface area contributed by atoms with Crippen molar-refractivity contribution in [3.8, 4) is 6.07 Å². The molecular weight excluding hydrogens is 370 g/mol. The highest BCUT2D eigenvalue weighted by Gasteiger charge is 2.77. The predicted molar refractivity (Wildman–Crippen MR) is 118 cm³/mol. The lowest BCUT2D eigenvalue weighted by Crippen LogP contribution is -2.57. The maximum absolute atomic E-state index is 9.85. The van der Waals surface area contributed by atoms with Gasteiger partial charge in [0.1, 0.15) is 11.7 Å². The van der Waals surface area contributed by atoms with E-state index < -0.39 is 0 Å². The summed E-state index contributed by atoms with van der Waals surface area (Å²) in [6.07, 6.45) is 11.3. The molecule has 0 aromatic rings. The van der Waals surface area contributed by atoms with Crippen LogP contribution in [0.1, 0.15) is 72.1 Å². The molecule has 0 N–H and O–H groups in total. The van der Waals surface area contributed by atoms with Gasteiger partial charge in [0, 0.05) is 12.5 Å². The molecule has 166 valence electrons. The number of methoxy groups -OCH3 is 2. The molecule has 1 spiro atoms. The first-order valence-electron chi connectivity index (χ1n) is 12.4. The predicted octanol–water partition coefficient (Wildman–Crippen LogP) is 6.21. The fourth-order valence-corrected chi connectivity index (χ4v) is 10.3. The fraction of sp³-hybridized carbons (Fsp3) is 0.889. The van der Waals surface area contributed by atoms with E-state index >= 15 is 0 Å². The number of ether oxygens (including phenoxy) is 2. The van der Waals surface area contributed by atoms with E-state index in [2.05, 4.69) is 33.4 Å². The maximum atomic E-state index is 9.85. The molecule has 0 amide bonds. The molecule has 0 aromatic carbocycles. The van der Waals surface area contributed by atoms with Gasteiger partial charge in [-0.1, -0.05) is 27.4 Å². The van der Waals surface area contributed by atoms with Crippen molar-refractivity contribution in [1.82, 2.24) is 0 Å². The van der Waals surface area contributed by atoms with E-state index in [9.17, 15) is 5.26 Å². The number of hydrogen-bond donors (Lipinski definition) is 0. The first-order chi connectivity index (χ1) is 14.3. The van der Waals surface area contributed by atoms with Gasteiger partial charge in [-0.2, -0.15) is 5.26 Å². The minimum Gasteiger partial charge on any atom is -0.500 e. The Kier molecular flexibility index (Phi) is 4.69. The van der Waals surface area contributed by atoms with Crippen LogP contribution in [0.4, 0.5) is 0 Å². The van der Waals surface area contributed by atoms with Gasteiger partial charge < -0.3 is 9.47 Å². The van der Waals surface area contributed by atoms with Crippen LogP contribution in [0.3, 0.4) is 0 Å². The first kappa shape index (κ1) is 20.9. The number of fused-ring (bicyclic) bond motifs is 4. The number of hydrogen-bond acceptors (Lipinski definition) is 3. The van der Waals surface area contributed by atoms with Crippen molar-refractivity contribution in [2.24, 2.45) is 57.7 Å². The third-order valence-electron chi connectivity index (χ3n) is 11.8. The highest BCUT2D eigenvalue weighted by molar-refractivity contribution is 5.26. The van der Waals surface area contributed by atoms with Crippen LogP contribution in [0.5, 0.6) is 0 Å². The largest absolute Gasteiger partial charge is 0.500 e. The minimum atomic E-state index is -0.200. The van der Waals surface area contributed by atoms with Gasteiger partial charge in [0.15, 0.2) is 0 Å². The highest BCUT2D eigenvalue weighted by atomic mass is 16.5. The normalized spacial score (nSPS) is 52.8. The third kappa shape index (κ3) is 2.35. The van der Waals surface area contributed by atoms with Crippen LogP contribution in [0.25, 0.3) is 0 Å². The number of nitrogens with zero attached hydrogens (tertiary/aromatic N) is 1. The van der Waals surface area contributed by atoms with Crippen molar-refractivity contribution in [1.29, 1.82) is 5.26 Å². The van der Waals surface area contributed by atoms with Crippen LogP contribution in [-0.2, 0) is 9.47 Å². The Balaban J connectivity index is 1.44. The van der Waals surface area contributed by atoms with Crippen molar-refractivity contribution in [2.75, 3.05) is 14.2 Å². The number of allylic oxidation sites excluding steroid dienone is 1. The van der Waals surface area contributed by atoms with E-state index in [1.54, 1.807) is 7.11 Å². The van der Waals surface area contributed by atoms with Crippen LogP contribution in [0.15, 0.2) is 12.3 Å². The molecule has 5 rings (SSSR count). The maximum Gasteiger partial charge on any atom is 0.106 e. The SMILES string of the molecule is C=C(OC)C(C#N)C(C)C1CCC2C3CC(OC)C45CC4CCC5(C)C3CCC12C. The molecule has 0 bridgehead atoms. The van der Waals surface area contributed by atoms with E-state index in [4.69, 9.17) is 9.47 Å². The van der Waals surface area contributed by atoms with Crippen LogP contribution in [-0.4, -0.2) is 20.3 Å². The summed E-state index contributed by atoms with van der Waals surface area (Å²) in [5, 5.41) is 9.85. The summed E-state index contributed by atoms with van der Waals surface area (Å²) in [4.78, 5) is 0. The zero-order chi connectivity index (χ0) is 21.5. The van der Waals surface area contributed by atoms with Gasteiger partial charge in [-0.3, -0.25) is 0 Å². The molecule has 5 aliphatic carbocycles. The topological polar surface area (TPSA) is 42.2 Å². The summed E-state index contributed by atoms with van der Waals surface area (Å²) in [5.41, 5.74) is 1.33. The molecular formula is C27H41NO2. The molecule has 30 heavy (non-hydrogen) atoms. The van der Waals surface area contributed by atoms with Gasteiger partial charge in [-0.15, -0.1) is 0 Å². The Morgan fingerprint density at radius 2 is 1.87 bits per heavy atom. The van der Waals surface area contributed by atoms with Gasteiger partial charge in [0.25, 0.3) is 0 Å². The molecule has 0 heterocycles. The first-order valence-corrected chi connectivity index (χ1v) is 12.4. The number of rotatable bonds is 5. The zero-order valence-electron chi connectivity index (χ0n) is 19.7. The van der Waals surface area contributed by atoms with Crippen LogP contribution >= 0.6 is 0 Å². The Hall–Kier alpha value is -1.01. The molecule has 0 aromatic heterocycles. The van der Waals surface area contributed by atoms with Gasteiger partial charge >= 0.3 is 0 Å². The summed E-state index contributed by atoms with van der Waals surface area (Å²) < 4.78 is 11.7. The highest BCUT2D eigenvalue weighted by Crippen LogP contribution is 2.82. The summed E-state index contributed by atoms with van der Waals surface area (Å²) in [5.74, 6) is 4.73. The zero-order valence-corrected chi connectivity index (χ0v) is 19.7.